The summed E-state index contributed by atoms with van der Waals surface area (Å²) >= 11 is 0. The molecule has 0 aromatic carbocycles. The van der Waals surface area contributed by atoms with Crippen LogP contribution in [-0.4, -0.2) is 53.5 Å². The van der Waals surface area contributed by atoms with Crippen molar-refractivity contribution in [1.29, 1.82) is 0 Å². The fraction of sp³-hybridized carbons (Fsp3) is 0.929. The third-order valence-corrected chi connectivity index (χ3v) is 3.73. The zero-order valence-electron chi connectivity index (χ0n) is 11.8. The van der Waals surface area contributed by atoms with Crippen molar-refractivity contribution >= 4 is 6.09 Å². The Labute approximate surface area is 116 Å². The van der Waals surface area contributed by atoms with Gasteiger partial charge in [0.25, 0.3) is 0 Å². The number of nitrogens with zero attached hydrogens (tertiary/aromatic N) is 1. The lowest BCUT2D eigenvalue weighted by atomic mass is 9.98. The fourth-order valence-corrected chi connectivity index (χ4v) is 2.58. The third-order valence-electron chi connectivity index (χ3n) is 3.73. The van der Waals surface area contributed by atoms with Crippen LogP contribution in [0.3, 0.4) is 0 Å². The predicted octanol–water partition coefficient (Wildman–Crippen LogP) is 2.05. The lowest BCUT2D eigenvalue weighted by Crippen LogP contribution is -2.37. The minimum Gasteiger partial charge on any atom is -0.465 e. The van der Waals surface area contributed by atoms with Crippen molar-refractivity contribution in [2.24, 2.45) is 0 Å². The number of carbonyl (C=O) groups is 1. The molecule has 5 heteroatoms. The number of piperidine rings is 1. The van der Waals surface area contributed by atoms with Gasteiger partial charge in [0.2, 0.25) is 0 Å². The number of aliphatic hydroxyl groups is 1. The average molecular weight is 272 g/mol. The van der Waals surface area contributed by atoms with Gasteiger partial charge in [-0.3, -0.25) is 0 Å². The van der Waals surface area contributed by atoms with E-state index in [1.54, 1.807) is 0 Å². The van der Waals surface area contributed by atoms with Gasteiger partial charge >= 0.3 is 6.09 Å². The number of amides is 1. The van der Waals surface area contributed by atoms with Crippen LogP contribution < -0.4 is 5.32 Å². The van der Waals surface area contributed by atoms with E-state index in [2.05, 4.69) is 10.2 Å². The van der Waals surface area contributed by atoms with Crippen LogP contribution in [0.15, 0.2) is 0 Å². The molecule has 19 heavy (non-hydrogen) atoms. The highest BCUT2D eigenvalue weighted by atomic mass is 16.4. The smallest absolute Gasteiger partial charge is 0.404 e. The highest BCUT2D eigenvalue weighted by molar-refractivity contribution is 5.64. The number of rotatable bonds is 3. The molecule has 2 aliphatic rings. The molecule has 1 saturated carbocycles. The summed E-state index contributed by atoms with van der Waals surface area (Å²) in [5.74, 6) is 0. The van der Waals surface area contributed by atoms with Crippen LogP contribution in [0.1, 0.15) is 51.4 Å². The van der Waals surface area contributed by atoms with Crippen LogP contribution in [-0.2, 0) is 0 Å². The number of likely N-dealkylation sites (tertiary alicyclic amines) is 1. The van der Waals surface area contributed by atoms with Crippen molar-refractivity contribution in [3.63, 3.8) is 0 Å². The first-order chi connectivity index (χ1) is 9.18. The average Bonchev–Trinajstić information content (AvgIpc) is 2.41. The Morgan fingerprint density at radius 1 is 1.05 bits per heavy atom. The largest absolute Gasteiger partial charge is 0.465 e. The van der Waals surface area contributed by atoms with E-state index in [-0.39, 0.29) is 6.10 Å². The molecule has 1 amide bonds. The number of aliphatic hydroxyl groups excluding tert-OH is 1. The van der Waals surface area contributed by atoms with Gasteiger partial charge in [0.15, 0.2) is 0 Å². The second-order valence-corrected chi connectivity index (χ2v) is 5.43. The standard InChI is InChI=1S/C8H16N2O2.C6H12O/c11-8(12)9-4-7-10-5-2-1-3-6-10;7-6-4-2-1-3-5-6/h9H,1-7H2,(H,11,12);6-7H,1-5H2. The van der Waals surface area contributed by atoms with Crippen molar-refractivity contribution in [3.05, 3.63) is 0 Å². The van der Waals surface area contributed by atoms with Crippen molar-refractivity contribution in [2.75, 3.05) is 26.2 Å². The van der Waals surface area contributed by atoms with E-state index in [4.69, 9.17) is 10.2 Å². The van der Waals surface area contributed by atoms with Crippen molar-refractivity contribution in [1.82, 2.24) is 10.2 Å². The minimum atomic E-state index is -0.924. The molecular weight excluding hydrogens is 244 g/mol. The molecule has 5 nitrogen and oxygen atoms in total. The maximum atomic E-state index is 10.1. The quantitative estimate of drug-likeness (QED) is 0.735. The van der Waals surface area contributed by atoms with E-state index < -0.39 is 6.09 Å². The van der Waals surface area contributed by atoms with Crippen molar-refractivity contribution in [2.45, 2.75) is 57.5 Å². The van der Waals surface area contributed by atoms with Gasteiger partial charge in [0.1, 0.15) is 0 Å². The van der Waals surface area contributed by atoms with Gasteiger partial charge in [-0.1, -0.05) is 25.7 Å². The molecule has 2 rings (SSSR count). The van der Waals surface area contributed by atoms with Crippen LogP contribution in [0.25, 0.3) is 0 Å². The first kappa shape index (κ1) is 16.2. The highest BCUT2D eigenvalue weighted by Crippen LogP contribution is 2.16. The molecule has 1 aliphatic carbocycles. The Bertz CT molecular complexity index is 237. The molecule has 112 valence electrons. The Hall–Kier alpha value is -0.810. The molecule has 1 heterocycles. The summed E-state index contributed by atoms with van der Waals surface area (Å²) in [6.45, 7) is 3.66. The first-order valence-electron chi connectivity index (χ1n) is 7.55. The number of hydrogen-bond donors (Lipinski definition) is 3. The topological polar surface area (TPSA) is 72.8 Å². The highest BCUT2D eigenvalue weighted by Gasteiger charge is 2.09. The number of nitrogens with one attached hydrogen (secondary N) is 1. The zero-order valence-corrected chi connectivity index (χ0v) is 11.8. The summed E-state index contributed by atoms with van der Waals surface area (Å²) in [7, 11) is 0. The van der Waals surface area contributed by atoms with Crippen LogP contribution >= 0.6 is 0 Å². The summed E-state index contributed by atoms with van der Waals surface area (Å²) < 4.78 is 0. The number of hydrogen-bond acceptors (Lipinski definition) is 3. The monoisotopic (exact) mass is 272 g/mol. The molecule has 3 N–H and O–H groups in total. The summed E-state index contributed by atoms with van der Waals surface area (Å²) in [4.78, 5) is 12.4. The van der Waals surface area contributed by atoms with Gasteiger partial charge in [0.05, 0.1) is 6.10 Å². The lowest BCUT2D eigenvalue weighted by molar-refractivity contribution is 0.130. The number of carboxylic acid groups (broad SMARTS) is 1. The normalized spacial score (nSPS) is 21.3. The SMILES string of the molecule is O=C(O)NCCN1CCCCC1.OC1CCCCC1. The van der Waals surface area contributed by atoms with Crippen LogP contribution in [0.5, 0.6) is 0 Å². The molecule has 1 saturated heterocycles. The van der Waals surface area contributed by atoms with Crippen molar-refractivity contribution in [3.8, 4) is 0 Å². The second kappa shape index (κ2) is 10.0. The Balaban J connectivity index is 0.000000218. The molecular formula is C14H28N2O3. The fourth-order valence-electron chi connectivity index (χ4n) is 2.58. The van der Waals surface area contributed by atoms with E-state index in [1.807, 2.05) is 0 Å². The Morgan fingerprint density at radius 3 is 2.11 bits per heavy atom. The van der Waals surface area contributed by atoms with Crippen molar-refractivity contribution < 1.29 is 15.0 Å². The lowest BCUT2D eigenvalue weighted by Gasteiger charge is -2.25. The maximum absolute atomic E-state index is 10.1. The summed E-state index contributed by atoms with van der Waals surface area (Å²) in [6.07, 6.45) is 8.84. The van der Waals surface area contributed by atoms with E-state index in [1.165, 1.54) is 38.5 Å². The maximum Gasteiger partial charge on any atom is 0.404 e. The van der Waals surface area contributed by atoms with Gasteiger partial charge in [-0.05, 0) is 38.8 Å². The summed E-state index contributed by atoms with van der Waals surface area (Å²) in [5, 5.41) is 19.6. The van der Waals surface area contributed by atoms with Gasteiger partial charge in [-0.15, -0.1) is 0 Å². The summed E-state index contributed by atoms with van der Waals surface area (Å²) in [6, 6.07) is 0. The molecule has 0 atom stereocenters. The van der Waals surface area contributed by atoms with E-state index >= 15 is 0 Å². The molecule has 0 aromatic rings. The van der Waals surface area contributed by atoms with E-state index in [0.717, 1.165) is 32.5 Å². The Morgan fingerprint density at radius 2 is 1.63 bits per heavy atom. The predicted molar refractivity (Wildman–Crippen MR) is 75.4 cm³/mol. The molecule has 0 bridgehead atoms. The van der Waals surface area contributed by atoms with Crippen LogP contribution in [0, 0.1) is 0 Å². The molecule has 1 aliphatic heterocycles. The molecule has 0 aromatic heterocycles. The first-order valence-corrected chi connectivity index (χ1v) is 7.55. The minimum absolute atomic E-state index is 0.0359. The molecule has 0 unspecified atom stereocenters. The van der Waals surface area contributed by atoms with Gasteiger partial charge in [0, 0.05) is 13.1 Å². The van der Waals surface area contributed by atoms with Gasteiger partial charge in [-0.25, -0.2) is 4.79 Å². The van der Waals surface area contributed by atoms with E-state index in [9.17, 15) is 4.79 Å². The van der Waals surface area contributed by atoms with Crippen LogP contribution in [0.4, 0.5) is 4.79 Å². The Kier molecular flexibility index (Phi) is 8.58. The summed E-state index contributed by atoms with van der Waals surface area (Å²) in [5.41, 5.74) is 0. The molecule has 2 fully saturated rings. The molecule has 0 radical (unpaired) electrons. The molecule has 0 spiro atoms. The third kappa shape index (κ3) is 8.83. The van der Waals surface area contributed by atoms with Crippen LogP contribution in [0.2, 0.25) is 0 Å². The van der Waals surface area contributed by atoms with Gasteiger partial charge < -0.3 is 20.4 Å². The second-order valence-electron chi connectivity index (χ2n) is 5.43. The van der Waals surface area contributed by atoms with E-state index in [0.29, 0.717) is 6.54 Å². The van der Waals surface area contributed by atoms with Gasteiger partial charge in [-0.2, -0.15) is 0 Å². The zero-order chi connectivity index (χ0) is 13.9.